The van der Waals surface area contributed by atoms with Gasteiger partial charge in [-0.05, 0) is 69.6 Å². The topological polar surface area (TPSA) is 75.4 Å². The number of amides is 1. The van der Waals surface area contributed by atoms with Crippen LogP contribution in [0.1, 0.15) is 72.4 Å². The molecule has 3 heterocycles. The second-order valence-electron chi connectivity index (χ2n) is 10.4. The highest BCUT2D eigenvalue weighted by Crippen LogP contribution is 2.60. The van der Waals surface area contributed by atoms with Gasteiger partial charge in [0.05, 0.1) is 30.4 Å². The van der Waals surface area contributed by atoms with E-state index in [1.54, 1.807) is 6.07 Å². The van der Waals surface area contributed by atoms with Gasteiger partial charge in [-0.25, -0.2) is 0 Å². The molecule has 2 aromatic heterocycles. The Morgan fingerprint density at radius 1 is 1.20 bits per heavy atom. The summed E-state index contributed by atoms with van der Waals surface area (Å²) in [6.45, 7) is 6.02. The number of carbonyl (C=O) groups excluding carboxylic acids is 1. The van der Waals surface area contributed by atoms with Crippen molar-refractivity contribution in [2.45, 2.75) is 71.8 Å². The van der Waals surface area contributed by atoms with Crippen LogP contribution in [0.4, 0.5) is 19.0 Å². The molecular formula is C25H27F3N6O. The Morgan fingerprint density at radius 3 is 2.66 bits per heavy atom. The van der Waals surface area contributed by atoms with Gasteiger partial charge < -0.3 is 10.2 Å². The molecule has 0 radical (unpaired) electrons. The molecule has 2 bridgehead atoms. The molecule has 3 aromatic rings. The van der Waals surface area contributed by atoms with Crippen molar-refractivity contribution in [2.75, 3.05) is 5.32 Å². The molecule has 184 valence electrons. The van der Waals surface area contributed by atoms with Gasteiger partial charge >= 0.3 is 6.18 Å². The summed E-state index contributed by atoms with van der Waals surface area (Å²) in [4.78, 5) is 20.1. The minimum Gasteiger partial charge on any atom is -0.363 e. The number of halogens is 3. The van der Waals surface area contributed by atoms with E-state index in [4.69, 9.17) is 0 Å². The highest BCUT2D eigenvalue weighted by atomic mass is 19.4. The molecule has 0 saturated heterocycles. The van der Waals surface area contributed by atoms with E-state index in [9.17, 15) is 18.0 Å². The summed E-state index contributed by atoms with van der Waals surface area (Å²) in [6, 6.07) is 3.79. The number of hydrogen-bond donors (Lipinski definition) is 1. The van der Waals surface area contributed by atoms with E-state index >= 15 is 0 Å². The van der Waals surface area contributed by atoms with Crippen LogP contribution in [0, 0.1) is 25.2 Å². The lowest BCUT2D eigenvalue weighted by Crippen LogP contribution is -2.44. The Bertz CT molecular complexity index is 1350. The molecule has 7 nitrogen and oxygen atoms in total. The van der Waals surface area contributed by atoms with Gasteiger partial charge in [0.15, 0.2) is 0 Å². The number of carbonyl (C=O) groups is 1. The Hall–Kier alpha value is -3.17. The second-order valence-corrected chi connectivity index (χ2v) is 10.4. The van der Waals surface area contributed by atoms with Gasteiger partial charge in [-0.1, -0.05) is 12.1 Å². The van der Waals surface area contributed by atoms with Crippen LogP contribution in [0.5, 0.6) is 0 Å². The summed E-state index contributed by atoms with van der Waals surface area (Å²) in [6.07, 6.45) is -0.370. The van der Waals surface area contributed by atoms with Crippen LogP contribution in [0.25, 0.3) is 5.78 Å². The highest BCUT2D eigenvalue weighted by Gasteiger charge is 2.57. The smallest absolute Gasteiger partial charge is 0.363 e. The fourth-order valence-corrected chi connectivity index (χ4v) is 6.47. The van der Waals surface area contributed by atoms with Crippen LogP contribution in [0.3, 0.4) is 0 Å². The van der Waals surface area contributed by atoms with E-state index in [0.29, 0.717) is 42.0 Å². The van der Waals surface area contributed by atoms with Crippen LogP contribution in [-0.2, 0) is 24.1 Å². The van der Waals surface area contributed by atoms with Crippen LogP contribution in [0.15, 0.2) is 18.2 Å². The predicted molar refractivity (Wildman–Crippen MR) is 122 cm³/mol. The number of aromatic nitrogens is 4. The first kappa shape index (κ1) is 22.3. The van der Waals surface area contributed by atoms with E-state index in [1.165, 1.54) is 13.0 Å². The SMILES string of the molecule is Cc1c([C@@H](C)Nc2nc3nnc(C)n3c3c2CN(C(=O)C24CCC(C2)C4)C3)cccc1C(F)(F)F. The van der Waals surface area contributed by atoms with Crippen LogP contribution < -0.4 is 5.32 Å². The molecule has 10 heteroatoms. The number of nitrogens with one attached hydrogen (secondary N) is 1. The number of nitrogens with zero attached hydrogens (tertiary/aromatic N) is 5. The van der Waals surface area contributed by atoms with Gasteiger partial charge in [0.1, 0.15) is 11.6 Å². The summed E-state index contributed by atoms with van der Waals surface area (Å²) < 4.78 is 42.3. The molecule has 0 unspecified atom stereocenters. The second kappa shape index (κ2) is 7.41. The third-order valence-electron chi connectivity index (χ3n) is 8.24. The Morgan fingerprint density at radius 2 is 1.97 bits per heavy atom. The van der Waals surface area contributed by atoms with Gasteiger partial charge in [0.25, 0.3) is 5.78 Å². The van der Waals surface area contributed by atoms with Crippen molar-refractivity contribution >= 4 is 17.5 Å². The fourth-order valence-electron chi connectivity index (χ4n) is 6.47. The quantitative estimate of drug-likeness (QED) is 0.566. The van der Waals surface area contributed by atoms with Gasteiger partial charge in [-0.3, -0.25) is 9.20 Å². The average Bonchev–Trinajstić information content (AvgIpc) is 3.55. The Balaban J connectivity index is 1.35. The third kappa shape index (κ3) is 3.32. The number of hydrogen-bond acceptors (Lipinski definition) is 5. The lowest BCUT2D eigenvalue weighted by Gasteiger charge is -2.39. The summed E-state index contributed by atoms with van der Waals surface area (Å²) >= 11 is 0. The first-order valence-corrected chi connectivity index (χ1v) is 12.0. The molecule has 1 N–H and O–H groups in total. The number of aryl methyl sites for hydroxylation is 1. The van der Waals surface area contributed by atoms with Gasteiger partial charge in [-0.2, -0.15) is 18.2 Å². The van der Waals surface area contributed by atoms with E-state index in [-0.39, 0.29) is 16.9 Å². The van der Waals surface area contributed by atoms with Crippen molar-refractivity contribution < 1.29 is 18.0 Å². The molecule has 0 spiro atoms. The van der Waals surface area contributed by atoms with E-state index in [0.717, 1.165) is 43.0 Å². The summed E-state index contributed by atoms with van der Waals surface area (Å²) in [5, 5.41) is 11.7. The van der Waals surface area contributed by atoms with Crippen molar-refractivity contribution in [3.63, 3.8) is 0 Å². The van der Waals surface area contributed by atoms with Crippen molar-refractivity contribution in [3.8, 4) is 0 Å². The van der Waals surface area contributed by atoms with Crippen molar-refractivity contribution in [2.24, 2.45) is 11.3 Å². The maximum absolute atomic E-state index is 13.5. The van der Waals surface area contributed by atoms with Crippen molar-refractivity contribution in [3.05, 3.63) is 52.0 Å². The number of fused-ring (bicyclic) bond motifs is 4. The lowest BCUT2D eigenvalue weighted by molar-refractivity contribution is -0.147. The van der Waals surface area contributed by atoms with Crippen LogP contribution in [0.2, 0.25) is 0 Å². The Kier molecular flexibility index (Phi) is 4.72. The molecule has 1 atom stereocenters. The van der Waals surface area contributed by atoms with Crippen LogP contribution >= 0.6 is 0 Å². The zero-order valence-electron chi connectivity index (χ0n) is 19.9. The summed E-state index contributed by atoms with van der Waals surface area (Å²) in [5.74, 6) is 2.53. The molecule has 3 saturated carbocycles. The monoisotopic (exact) mass is 484 g/mol. The van der Waals surface area contributed by atoms with Gasteiger partial charge in [0, 0.05) is 11.0 Å². The van der Waals surface area contributed by atoms with E-state index < -0.39 is 17.8 Å². The summed E-state index contributed by atoms with van der Waals surface area (Å²) in [7, 11) is 0. The van der Waals surface area contributed by atoms with E-state index in [1.807, 2.05) is 23.1 Å². The predicted octanol–water partition coefficient (Wildman–Crippen LogP) is 4.97. The molecule has 3 aliphatic carbocycles. The zero-order valence-corrected chi connectivity index (χ0v) is 19.9. The summed E-state index contributed by atoms with van der Waals surface area (Å²) in [5.41, 5.74) is 1.66. The molecule has 1 aliphatic heterocycles. The molecule has 1 amide bonds. The molecule has 7 rings (SSSR count). The molecule has 35 heavy (non-hydrogen) atoms. The minimum atomic E-state index is -4.42. The van der Waals surface area contributed by atoms with Crippen molar-refractivity contribution in [1.29, 1.82) is 0 Å². The largest absolute Gasteiger partial charge is 0.416 e. The molecule has 3 fully saturated rings. The van der Waals surface area contributed by atoms with Gasteiger partial charge in [-0.15, -0.1) is 10.2 Å². The number of alkyl halides is 3. The highest BCUT2D eigenvalue weighted by molar-refractivity contribution is 5.85. The first-order chi connectivity index (χ1) is 16.6. The van der Waals surface area contributed by atoms with Gasteiger partial charge in [0.2, 0.25) is 5.91 Å². The molecule has 4 aliphatic rings. The number of anilines is 1. The average molecular weight is 485 g/mol. The fraction of sp³-hybridized carbons (Fsp3) is 0.520. The standard InChI is InChI=1S/C25H27F3N6O/c1-13-17(5-4-6-19(13)25(26,27)28)14(2)29-21-18-11-33(22(35)24-8-7-16(9-24)10-24)12-20(18)34-15(3)31-32-23(34)30-21/h4-6,14,16H,7-12H2,1-3H3,(H,29,30,32)/t14-,16?,24?/m1/s1. The maximum atomic E-state index is 13.5. The van der Waals surface area contributed by atoms with Crippen molar-refractivity contribution in [1.82, 2.24) is 24.5 Å². The van der Waals surface area contributed by atoms with E-state index in [2.05, 4.69) is 20.5 Å². The number of rotatable bonds is 4. The lowest BCUT2D eigenvalue weighted by atomic mass is 9.69. The Labute approximate surface area is 200 Å². The first-order valence-electron chi connectivity index (χ1n) is 12.0. The minimum absolute atomic E-state index is 0.188. The third-order valence-corrected chi connectivity index (χ3v) is 8.24. The van der Waals surface area contributed by atoms with Crippen LogP contribution in [-0.4, -0.2) is 30.4 Å². The number of benzene rings is 1. The maximum Gasteiger partial charge on any atom is 0.416 e. The molecule has 1 aromatic carbocycles. The normalized spacial score (nSPS) is 23.9. The zero-order chi connectivity index (χ0) is 24.7. The molecular weight excluding hydrogens is 457 g/mol.